The normalized spacial score (nSPS) is 12.9. The zero-order valence-electron chi connectivity index (χ0n) is 11.9. The third-order valence-electron chi connectivity index (χ3n) is 3.47. The first-order valence-corrected chi connectivity index (χ1v) is 8.90. The largest absolute Gasteiger partial charge is 0.309 e. The molecule has 0 fully saturated rings. The number of nitrogens with one attached hydrogen (secondary N) is 1. The topological polar surface area (TPSA) is 12.0 Å². The standard InChI is InChI=1S/C17H18FNS2/c1-2-7-19-14(10-12-4-3-5-13(18)9-12)16-11-17-15(21-16)6-8-20-17/h3-6,8-9,11,14,19H,2,7,10H2,1H3. The number of fused-ring (bicyclic) bond motifs is 1. The van der Waals surface area contributed by atoms with Crippen LogP contribution in [0.25, 0.3) is 9.40 Å². The Hall–Kier alpha value is -1.23. The molecule has 110 valence electrons. The Bertz CT molecular complexity index is 688. The molecule has 3 rings (SSSR count). The number of hydrogen-bond donors (Lipinski definition) is 1. The second-order valence-corrected chi connectivity index (χ2v) is 7.20. The third-order valence-corrected chi connectivity index (χ3v) is 5.68. The highest BCUT2D eigenvalue weighted by molar-refractivity contribution is 7.26. The summed E-state index contributed by atoms with van der Waals surface area (Å²) >= 11 is 3.62. The molecular formula is C17H18FNS2. The van der Waals surface area contributed by atoms with Crippen LogP contribution in [0.15, 0.2) is 41.8 Å². The van der Waals surface area contributed by atoms with Crippen molar-refractivity contribution >= 4 is 32.1 Å². The van der Waals surface area contributed by atoms with E-state index in [0.29, 0.717) is 0 Å². The van der Waals surface area contributed by atoms with Gasteiger partial charge in [-0.1, -0.05) is 19.1 Å². The minimum absolute atomic E-state index is 0.158. The van der Waals surface area contributed by atoms with Crippen LogP contribution in [-0.4, -0.2) is 6.54 Å². The molecule has 0 amide bonds. The van der Waals surface area contributed by atoms with E-state index in [9.17, 15) is 4.39 Å². The average Bonchev–Trinajstić information content (AvgIpc) is 3.04. The fourth-order valence-electron chi connectivity index (χ4n) is 2.45. The molecule has 0 aliphatic carbocycles. The van der Waals surface area contributed by atoms with Crippen LogP contribution in [0.5, 0.6) is 0 Å². The van der Waals surface area contributed by atoms with Crippen LogP contribution in [0.3, 0.4) is 0 Å². The van der Waals surface area contributed by atoms with Gasteiger partial charge in [0.2, 0.25) is 0 Å². The van der Waals surface area contributed by atoms with E-state index < -0.39 is 0 Å². The minimum Gasteiger partial charge on any atom is -0.309 e. The first-order chi connectivity index (χ1) is 10.3. The monoisotopic (exact) mass is 319 g/mol. The van der Waals surface area contributed by atoms with Gasteiger partial charge in [-0.15, -0.1) is 22.7 Å². The first kappa shape index (κ1) is 14.7. The molecule has 1 nitrogen and oxygen atoms in total. The van der Waals surface area contributed by atoms with Crippen molar-refractivity contribution in [3.05, 3.63) is 58.0 Å². The molecule has 2 heterocycles. The van der Waals surface area contributed by atoms with Gasteiger partial charge in [-0.2, -0.15) is 0 Å². The van der Waals surface area contributed by atoms with Crippen LogP contribution in [0.1, 0.15) is 29.8 Å². The summed E-state index contributed by atoms with van der Waals surface area (Å²) in [6, 6.07) is 11.6. The molecule has 3 aromatic rings. The van der Waals surface area contributed by atoms with Gasteiger partial charge in [-0.3, -0.25) is 0 Å². The zero-order chi connectivity index (χ0) is 14.7. The molecule has 0 bridgehead atoms. The van der Waals surface area contributed by atoms with Gasteiger partial charge < -0.3 is 5.32 Å². The predicted octanol–water partition coefficient (Wildman–Crippen LogP) is 5.39. The lowest BCUT2D eigenvalue weighted by atomic mass is 10.0. The number of hydrogen-bond acceptors (Lipinski definition) is 3. The Kier molecular flexibility index (Phi) is 4.68. The average molecular weight is 319 g/mol. The van der Waals surface area contributed by atoms with E-state index in [0.717, 1.165) is 24.9 Å². The summed E-state index contributed by atoms with van der Waals surface area (Å²) in [6.07, 6.45) is 1.92. The lowest BCUT2D eigenvalue weighted by Crippen LogP contribution is -2.23. The molecule has 2 aromatic heterocycles. The molecule has 1 N–H and O–H groups in total. The van der Waals surface area contributed by atoms with E-state index >= 15 is 0 Å². The highest BCUT2D eigenvalue weighted by atomic mass is 32.1. The van der Waals surface area contributed by atoms with Gasteiger partial charge in [0.05, 0.1) is 0 Å². The van der Waals surface area contributed by atoms with Gasteiger partial charge in [0, 0.05) is 20.3 Å². The maximum absolute atomic E-state index is 13.4. The second-order valence-electron chi connectivity index (χ2n) is 5.14. The second kappa shape index (κ2) is 6.69. The van der Waals surface area contributed by atoms with E-state index in [1.54, 1.807) is 23.5 Å². The highest BCUT2D eigenvalue weighted by Gasteiger charge is 2.15. The van der Waals surface area contributed by atoms with Crippen molar-refractivity contribution in [3.8, 4) is 0 Å². The van der Waals surface area contributed by atoms with Crippen molar-refractivity contribution in [2.45, 2.75) is 25.8 Å². The van der Waals surface area contributed by atoms with Crippen molar-refractivity contribution in [1.82, 2.24) is 5.32 Å². The molecule has 0 radical (unpaired) electrons. The summed E-state index contributed by atoms with van der Waals surface area (Å²) in [4.78, 5) is 1.34. The molecule has 1 aromatic carbocycles. The predicted molar refractivity (Wildman–Crippen MR) is 90.8 cm³/mol. The molecule has 0 saturated heterocycles. The van der Waals surface area contributed by atoms with Gasteiger partial charge in [0.15, 0.2) is 0 Å². The highest BCUT2D eigenvalue weighted by Crippen LogP contribution is 2.34. The smallest absolute Gasteiger partial charge is 0.123 e. The minimum atomic E-state index is -0.158. The molecule has 0 aliphatic rings. The van der Waals surface area contributed by atoms with E-state index in [-0.39, 0.29) is 11.9 Å². The Morgan fingerprint density at radius 2 is 2.10 bits per heavy atom. The first-order valence-electron chi connectivity index (χ1n) is 7.21. The third kappa shape index (κ3) is 3.51. The van der Waals surface area contributed by atoms with Crippen LogP contribution in [0, 0.1) is 5.82 Å². The van der Waals surface area contributed by atoms with Crippen LogP contribution in [0.2, 0.25) is 0 Å². The number of benzene rings is 1. The summed E-state index contributed by atoms with van der Waals surface area (Å²) in [7, 11) is 0. The SMILES string of the molecule is CCCNC(Cc1cccc(F)c1)c1cc2sccc2s1. The summed E-state index contributed by atoms with van der Waals surface area (Å²) in [5.41, 5.74) is 1.04. The molecule has 0 aliphatic heterocycles. The molecule has 0 saturated carbocycles. The van der Waals surface area contributed by atoms with Crippen LogP contribution >= 0.6 is 22.7 Å². The lowest BCUT2D eigenvalue weighted by molar-refractivity contribution is 0.534. The van der Waals surface area contributed by atoms with E-state index in [2.05, 4.69) is 29.8 Å². The molecule has 1 atom stereocenters. The fourth-order valence-corrected chi connectivity index (χ4v) is 4.64. The Balaban J connectivity index is 1.84. The van der Waals surface area contributed by atoms with E-state index in [1.807, 2.05) is 17.4 Å². The van der Waals surface area contributed by atoms with Crippen molar-refractivity contribution in [2.24, 2.45) is 0 Å². The quantitative estimate of drug-likeness (QED) is 0.642. The zero-order valence-corrected chi connectivity index (χ0v) is 13.6. The van der Waals surface area contributed by atoms with Crippen LogP contribution in [-0.2, 0) is 6.42 Å². The van der Waals surface area contributed by atoms with Crippen LogP contribution in [0.4, 0.5) is 4.39 Å². The van der Waals surface area contributed by atoms with Crippen molar-refractivity contribution in [1.29, 1.82) is 0 Å². The molecular weight excluding hydrogens is 301 g/mol. The molecule has 4 heteroatoms. The van der Waals surface area contributed by atoms with Gasteiger partial charge in [0.25, 0.3) is 0 Å². The van der Waals surface area contributed by atoms with E-state index in [1.165, 1.54) is 20.3 Å². The van der Waals surface area contributed by atoms with Gasteiger partial charge in [-0.05, 0) is 54.6 Å². The van der Waals surface area contributed by atoms with Gasteiger partial charge in [-0.25, -0.2) is 4.39 Å². The Morgan fingerprint density at radius 1 is 1.19 bits per heavy atom. The number of halogens is 1. The van der Waals surface area contributed by atoms with E-state index in [4.69, 9.17) is 0 Å². The fraction of sp³-hybridized carbons (Fsp3) is 0.294. The summed E-state index contributed by atoms with van der Waals surface area (Å²) in [6.45, 7) is 3.14. The maximum atomic E-state index is 13.4. The van der Waals surface area contributed by atoms with Gasteiger partial charge >= 0.3 is 0 Å². The lowest BCUT2D eigenvalue weighted by Gasteiger charge is -2.17. The molecule has 21 heavy (non-hydrogen) atoms. The van der Waals surface area contributed by atoms with Crippen LogP contribution < -0.4 is 5.32 Å². The molecule has 1 unspecified atom stereocenters. The summed E-state index contributed by atoms with van der Waals surface area (Å²) in [5, 5.41) is 5.73. The van der Waals surface area contributed by atoms with Crippen molar-refractivity contribution in [2.75, 3.05) is 6.54 Å². The maximum Gasteiger partial charge on any atom is 0.123 e. The summed E-state index contributed by atoms with van der Waals surface area (Å²) in [5.74, 6) is -0.158. The Labute approximate surface area is 132 Å². The van der Waals surface area contributed by atoms with Crippen molar-refractivity contribution in [3.63, 3.8) is 0 Å². The molecule has 0 spiro atoms. The summed E-state index contributed by atoms with van der Waals surface area (Å²) < 4.78 is 16.1. The number of rotatable bonds is 6. The Morgan fingerprint density at radius 3 is 2.86 bits per heavy atom. The van der Waals surface area contributed by atoms with Crippen molar-refractivity contribution < 1.29 is 4.39 Å². The number of thiophene rings is 2. The van der Waals surface area contributed by atoms with Gasteiger partial charge in [0.1, 0.15) is 5.82 Å².